The van der Waals surface area contributed by atoms with Gasteiger partial charge in [0.05, 0.1) is 6.07 Å². The highest BCUT2D eigenvalue weighted by molar-refractivity contribution is 5.80. The molecule has 1 saturated heterocycles. The molecule has 0 bridgehead atoms. The van der Waals surface area contributed by atoms with Crippen LogP contribution in [0.25, 0.3) is 0 Å². The molecular weight excluding hydrogens is 176 g/mol. The molecule has 1 aliphatic rings. The van der Waals surface area contributed by atoms with Gasteiger partial charge in [0.25, 0.3) is 0 Å². The molecule has 3 nitrogen and oxygen atoms in total. The SMILES string of the molecule is C#CC1CCCN(C(=O)C(C)C#N)C1. The van der Waals surface area contributed by atoms with E-state index in [1.807, 2.05) is 6.07 Å². The molecule has 0 aromatic rings. The highest BCUT2D eigenvalue weighted by Gasteiger charge is 2.25. The molecule has 0 aromatic heterocycles. The number of hydrogen-bond donors (Lipinski definition) is 0. The molecule has 1 fully saturated rings. The van der Waals surface area contributed by atoms with Crippen molar-refractivity contribution in [2.45, 2.75) is 19.8 Å². The predicted molar refractivity (Wildman–Crippen MR) is 52.9 cm³/mol. The van der Waals surface area contributed by atoms with Crippen LogP contribution in [0.2, 0.25) is 0 Å². The molecule has 2 unspecified atom stereocenters. The second kappa shape index (κ2) is 4.67. The van der Waals surface area contributed by atoms with Crippen molar-refractivity contribution in [1.29, 1.82) is 5.26 Å². The van der Waals surface area contributed by atoms with Gasteiger partial charge in [-0.1, -0.05) is 0 Å². The van der Waals surface area contributed by atoms with Crippen molar-refractivity contribution in [3.05, 3.63) is 0 Å². The van der Waals surface area contributed by atoms with E-state index in [1.54, 1.807) is 11.8 Å². The van der Waals surface area contributed by atoms with Crippen molar-refractivity contribution in [1.82, 2.24) is 4.90 Å². The number of carbonyl (C=O) groups excluding carboxylic acids is 1. The van der Waals surface area contributed by atoms with E-state index < -0.39 is 5.92 Å². The van der Waals surface area contributed by atoms with Gasteiger partial charge < -0.3 is 4.90 Å². The first-order chi connectivity index (χ1) is 6.69. The topological polar surface area (TPSA) is 44.1 Å². The van der Waals surface area contributed by atoms with Crippen LogP contribution in [-0.2, 0) is 4.79 Å². The smallest absolute Gasteiger partial charge is 0.239 e. The molecule has 0 aliphatic carbocycles. The van der Waals surface area contributed by atoms with Gasteiger partial charge in [-0.05, 0) is 19.8 Å². The Morgan fingerprint density at radius 2 is 2.43 bits per heavy atom. The average molecular weight is 190 g/mol. The minimum absolute atomic E-state index is 0.0903. The largest absolute Gasteiger partial charge is 0.340 e. The van der Waals surface area contributed by atoms with Crippen molar-refractivity contribution in [3.63, 3.8) is 0 Å². The summed E-state index contributed by atoms with van der Waals surface area (Å²) in [7, 11) is 0. The first-order valence-corrected chi connectivity index (χ1v) is 4.83. The van der Waals surface area contributed by atoms with Gasteiger partial charge in [0.2, 0.25) is 5.91 Å². The molecular formula is C11H14N2O. The molecule has 1 rings (SSSR count). The Labute approximate surface area is 84.7 Å². The zero-order valence-corrected chi connectivity index (χ0v) is 8.36. The van der Waals surface area contributed by atoms with E-state index in [0.29, 0.717) is 6.54 Å². The van der Waals surface area contributed by atoms with Gasteiger partial charge in [0.15, 0.2) is 0 Å². The zero-order chi connectivity index (χ0) is 10.6. The van der Waals surface area contributed by atoms with Crippen molar-refractivity contribution >= 4 is 5.91 Å². The molecule has 14 heavy (non-hydrogen) atoms. The number of carbonyl (C=O) groups is 1. The Hall–Kier alpha value is -1.48. The maximum atomic E-state index is 11.6. The third-order valence-corrected chi connectivity index (χ3v) is 2.53. The van der Waals surface area contributed by atoms with Gasteiger partial charge in [0, 0.05) is 19.0 Å². The fraction of sp³-hybridized carbons (Fsp3) is 0.636. The quantitative estimate of drug-likeness (QED) is 0.579. The molecule has 1 aliphatic heterocycles. The fourth-order valence-electron chi connectivity index (χ4n) is 1.64. The summed E-state index contributed by atoms with van der Waals surface area (Å²) >= 11 is 0. The second-order valence-electron chi connectivity index (χ2n) is 3.64. The van der Waals surface area contributed by atoms with Crippen LogP contribution in [0.15, 0.2) is 0 Å². The first kappa shape index (κ1) is 10.6. The second-order valence-corrected chi connectivity index (χ2v) is 3.64. The molecule has 0 radical (unpaired) electrons. The number of rotatable bonds is 1. The normalized spacial score (nSPS) is 23.4. The summed E-state index contributed by atoms with van der Waals surface area (Å²) in [5.41, 5.74) is 0. The Morgan fingerprint density at radius 3 is 3.00 bits per heavy atom. The Kier molecular flexibility index (Phi) is 3.54. The monoisotopic (exact) mass is 190 g/mol. The fourth-order valence-corrected chi connectivity index (χ4v) is 1.64. The number of amides is 1. The summed E-state index contributed by atoms with van der Waals surface area (Å²) in [5.74, 6) is 2.19. The Morgan fingerprint density at radius 1 is 1.71 bits per heavy atom. The lowest BCUT2D eigenvalue weighted by molar-refractivity contribution is -0.134. The molecule has 0 spiro atoms. The molecule has 1 heterocycles. The summed E-state index contributed by atoms with van der Waals surface area (Å²) in [4.78, 5) is 13.3. The third kappa shape index (κ3) is 2.26. The van der Waals surface area contributed by atoms with Crippen LogP contribution < -0.4 is 0 Å². The maximum Gasteiger partial charge on any atom is 0.239 e. The number of nitriles is 1. The highest BCUT2D eigenvalue weighted by atomic mass is 16.2. The van der Waals surface area contributed by atoms with Gasteiger partial charge in [0.1, 0.15) is 5.92 Å². The van der Waals surface area contributed by atoms with Gasteiger partial charge in [-0.2, -0.15) is 5.26 Å². The molecule has 0 aromatic carbocycles. The van der Waals surface area contributed by atoms with E-state index >= 15 is 0 Å². The van der Waals surface area contributed by atoms with Crippen LogP contribution in [0, 0.1) is 35.5 Å². The summed E-state index contributed by atoms with van der Waals surface area (Å²) in [6.07, 6.45) is 7.25. The van der Waals surface area contributed by atoms with Crippen LogP contribution in [0.5, 0.6) is 0 Å². The van der Waals surface area contributed by atoms with Crippen LogP contribution in [0.1, 0.15) is 19.8 Å². The van der Waals surface area contributed by atoms with Gasteiger partial charge in [-0.25, -0.2) is 0 Å². The Bertz CT molecular complexity index is 297. The predicted octanol–water partition coefficient (Wildman–Crippen LogP) is 1.02. The summed E-state index contributed by atoms with van der Waals surface area (Å²) < 4.78 is 0. The van der Waals surface area contributed by atoms with E-state index in [2.05, 4.69) is 5.92 Å². The van der Waals surface area contributed by atoms with Gasteiger partial charge in [-0.15, -0.1) is 12.3 Å². The summed E-state index contributed by atoms with van der Waals surface area (Å²) in [6, 6.07) is 1.95. The lowest BCUT2D eigenvalue weighted by Gasteiger charge is -2.31. The average Bonchev–Trinajstić information content (AvgIpc) is 2.27. The number of likely N-dealkylation sites (tertiary alicyclic amines) is 1. The van der Waals surface area contributed by atoms with E-state index in [-0.39, 0.29) is 11.8 Å². The maximum absolute atomic E-state index is 11.6. The number of hydrogen-bond acceptors (Lipinski definition) is 2. The third-order valence-electron chi connectivity index (χ3n) is 2.53. The molecule has 2 atom stereocenters. The highest BCUT2D eigenvalue weighted by Crippen LogP contribution is 2.17. The lowest BCUT2D eigenvalue weighted by Crippen LogP contribution is -2.41. The van der Waals surface area contributed by atoms with E-state index in [4.69, 9.17) is 11.7 Å². The molecule has 74 valence electrons. The van der Waals surface area contributed by atoms with Crippen LogP contribution in [0.3, 0.4) is 0 Å². The minimum Gasteiger partial charge on any atom is -0.340 e. The Balaban J connectivity index is 2.58. The van der Waals surface area contributed by atoms with E-state index in [9.17, 15) is 4.79 Å². The summed E-state index contributed by atoms with van der Waals surface area (Å²) in [6.45, 7) is 2.98. The summed E-state index contributed by atoms with van der Waals surface area (Å²) in [5, 5.41) is 8.62. The first-order valence-electron chi connectivity index (χ1n) is 4.83. The molecule has 0 saturated carbocycles. The standard InChI is InChI=1S/C11H14N2O/c1-3-10-5-4-6-13(8-10)11(14)9(2)7-12/h1,9-10H,4-6,8H2,2H3. The van der Waals surface area contributed by atoms with Gasteiger partial charge in [-0.3, -0.25) is 4.79 Å². The number of nitrogens with zero attached hydrogens (tertiary/aromatic N) is 2. The number of terminal acetylenes is 1. The molecule has 0 N–H and O–H groups in total. The van der Waals surface area contributed by atoms with Crippen LogP contribution in [0.4, 0.5) is 0 Å². The van der Waals surface area contributed by atoms with Crippen molar-refractivity contribution in [2.75, 3.05) is 13.1 Å². The molecule has 1 amide bonds. The zero-order valence-electron chi connectivity index (χ0n) is 8.36. The lowest BCUT2D eigenvalue weighted by atomic mass is 9.98. The molecule has 3 heteroatoms. The van der Waals surface area contributed by atoms with Crippen LogP contribution >= 0.6 is 0 Å². The van der Waals surface area contributed by atoms with Crippen molar-refractivity contribution in [2.24, 2.45) is 11.8 Å². The number of piperidine rings is 1. The van der Waals surface area contributed by atoms with E-state index in [0.717, 1.165) is 19.4 Å². The van der Waals surface area contributed by atoms with Crippen LogP contribution in [-0.4, -0.2) is 23.9 Å². The minimum atomic E-state index is -0.550. The van der Waals surface area contributed by atoms with Gasteiger partial charge >= 0.3 is 0 Å². The van der Waals surface area contributed by atoms with Crippen molar-refractivity contribution in [3.8, 4) is 18.4 Å². The van der Waals surface area contributed by atoms with E-state index in [1.165, 1.54) is 0 Å². The van der Waals surface area contributed by atoms with Crippen molar-refractivity contribution < 1.29 is 4.79 Å².